The molecule has 2 aromatic carbocycles. The first-order chi connectivity index (χ1) is 13.0. The van der Waals surface area contributed by atoms with Crippen molar-refractivity contribution in [2.75, 3.05) is 14.2 Å². The number of amides is 2. The van der Waals surface area contributed by atoms with Crippen LogP contribution in [0.15, 0.2) is 47.5 Å². The van der Waals surface area contributed by atoms with Crippen LogP contribution in [0.3, 0.4) is 0 Å². The number of aliphatic imine (C=N–C) groups is 1. The summed E-state index contributed by atoms with van der Waals surface area (Å²) in [5.74, 6) is 0.503. The third-order valence-corrected chi connectivity index (χ3v) is 4.26. The summed E-state index contributed by atoms with van der Waals surface area (Å²) in [5, 5.41) is 5.25. The normalized spacial score (nSPS) is 16.2. The Kier molecular flexibility index (Phi) is 5.40. The Balaban J connectivity index is 1.80. The second kappa shape index (κ2) is 7.90. The Hall–Kier alpha value is -3.35. The number of guanidine groups is 1. The van der Waals surface area contributed by atoms with Gasteiger partial charge in [-0.15, -0.1) is 0 Å². The molecule has 0 saturated carbocycles. The summed E-state index contributed by atoms with van der Waals surface area (Å²) in [4.78, 5) is 29.1. The molecule has 2 amide bonds. The lowest BCUT2D eigenvalue weighted by atomic mass is 10.0. The minimum atomic E-state index is -0.403. The van der Waals surface area contributed by atoms with Gasteiger partial charge in [0, 0.05) is 5.56 Å². The van der Waals surface area contributed by atoms with Crippen LogP contribution < -0.4 is 20.1 Å². The maximum atomic E-state index is 12.5. The summed E-state index contributed by atoms with van der Waals surface area (Å²) in [5.41, 5.74) is 2.42. The zero-order valence-corrected chi connectivity index (χ0v) is 15.4. The third-order valence-electron chi connectivity index (χ3n) is 4.26. The lowest BCUT2D eigenvalue weighted by molar-refractivity contribution is -0.120. The van der Waals surface area contributed by atoms with Gasteiger partial charge >= 0.3 is 0 Å². The fourth-order valence-electron chi connectivity index (χ4n) is 2.79. The molecule has 2 aromatic rings. The van der Waals surface area contributed by atoms with Crippen LogP contribution in [0.25, 0.3) is 0 Å². The molecule has 0 spiro atoms. The van der Waals surface area contributed by atoms with Gasteiger partial charge in [-0.05, 0) is 30.7 Å². The Morgan fingerprint density at radius 2 is 1.81 bits per heavy atom. The Labute approximate surface area is 157 Å². The maximum Gasteiger partial charge on any atom is 0.258 e. The maximum absolute atomic E-state index is 12.5. The van der Waals surface area contributed by atoms with E-state index in [4.69, 9.17) is 9.47 Å². The summed E-state index contributed by atoms with van der Waals surface area (Å²) in [7, 11) is 3.02. The molecule has 0 fully saturated rings. The lowest BCUT2D eigenvalue weighted by Crippen LogP contribution is -2.47. The molecule has 3 rings (SSSR count). The molecule has 7 nitrogen and oxygen atoms in total. The summed E-state index contributed by atoms with van der Waals surface area (Å²) in [6.07, 6.45) is 0.235. The quantitative estimate of drug-likeness (QED) is 0.868. The van der Waals surface area contributed by atoms with Crippen LogP contribution >= 0.6 is 0 Å². The van der Waals surface area contributed by atoms with Crippen LogP contribution in [-0.2, 0) is 4.79 Å². The summed E-state index contributed by atoms with van der Waals surface area (Å²) < 4.78 is 10.4. The first kappa shape index (κ1) is 18.4. The highest BCUT2D eigenvalue weighted by atomic mass is 16.5. The van der Waals surface area contributed by atoms with Crippen molar-refractivity contribution >= 4 is 17.8 Å². The number of carbonyl (C=O) groups is 2. The van der Waals surface area contributed by atoms with Crippen LogP contribution in [-0.4, -0.2) is 32.0 Å². The highest BCUT2D eigenvalue weighted by Gasteiger charge is 2.24. The largest absolute Gasteiger partial charge is 0.493 e. The molecule has 0 aromatic heterocycles. The van der Waals surface area contributed by atoms with E-state index in [1.807, 2.05) is 31.2 Å². The molecule has 0 saturated heterocycles. The molecular weight excluding hydrogens is 346 g/mol. The number of methoxy groups -OCH3 is 2. The lowest BCUT2D eigenvalue weighted by Gasteiger charge is -2.21. The minimum absolute atomic E-state index is 0.136. The van der Waals surface area contributed by atoms with E-state index in [0.29, 0.717) is 17.1 Å². The Morgan fingerprint density at radius 3 is 2.48 bits per heavy atom. The van der Waals surface area contributed by atoms with E-state index in [-0.39, 0.29) is 24.3 Å². The molecule has 1 heterocycles. The van der Waals surface area contributed by atoms with Crippen LogP contribution in [0.2, 0.25) is 0 Å². The van der Waals surface area contributed by atoms with Crippen molar-refractivity contribution in [1.82, 2.24) is 10.6 Å². The van der Waals surface area contributed by atoms with E-state index in [0.717, 1.165) is 11.1 Å². The number of hydrogen-bond acceptors (Lipinski definition) is 5. The van der Waals surface area contributed by atoms with Crippen molar-refractivity contribution in [3.8, 4) is 11.5 Å². The second-order valence-electron chi connectivity index (χ2n) is 6.18. The van der Waals surface area contributed by atoms with Crippen molar-refractivity contribution in [2.45, 2.75) is 19.4 Å². The smallest absolute Gasteiger partial charge is 0.258 e. The molecule has 1 atom stereocenters. The number of hydrogen-bond donors (Lipinski definition) is 2. The van der Waals surface area contributed by atoms with Gasteiger partial charge in [-0.25, -0.2) is 4.99 Å². The van der Waals surface area contributed by atoms with E-state index in [1.165, 1.54) is 14.2 Å². The summed E-state index contributed by atoms with van der Waals surface area (Å²) in [6, 6.07) is 12.3. The number of rotatable bonds is 4. The molecule has 0 unspecified atom stereocenters. The van der Waals surface area contributed by atoms with Gasteiger partial charge in [0.15, 0.2) is 11.5 Å². The van der Waals surface area contributed by atoms with Crippen molar-refractivity contribution in [2.24, 2.45) is 4.99 Å². The number of nitrogens with zero attached hydrogens (tertiary/aromatic N) is 1. The topological polar surface area (TPSA) is 89.0 Å². The molecule has 27 heavy (non-hydrogen) atoms. The van der Waals surface area contributed by atoms with Crippen molar-refractivity contribution in [3.63, 3.8) is 0 Å². The number of carbonyl (C=O) groups excluding carboxylic acids is 2. The molecule has 140 valence electrons. The monoisotopic (exact) mass is 367 g/mol. The SMILES string of the molecule is COc1ccc(C(=O)NC2=N[C@H](c3ccc(C)cc3)CC(=O)N2)cc1OC. The Morgan fingerprint density at radius 1 is 1.11 bits per heavy atom. The molecule has 2 N–H and O–H groups in total. The zero-order valence-electron chi connectivity index (χ0n) is 15.4. The van der Waals surface area contributed by atoms with E-state index >= 15 is 0 Å². The number of aryl methyl sites for hydroxylation is 1. The molecule has 7 heteroatoms. The number of benzene rings is 2. The van der Waals surface area contributed by atoms with Gasteiger partial charge in [0.1, 0.15) is 0 Å². The highest BCUT2D eigenvalue weighted by Crippen LogP contribution is 2.28. The van der Waals surface area contributed by atoms with E-state index in [2.05, 4.69) is 15.6 Å². The van der Waals surface area contributed by atoms with Crippen molar-refractivity contribution in [3.05, 3.63) is 59.2 Å². The summed E-state index contributed by atoms with van der Waals surface area (Å²) in [6.45, 7) is 2.00. The third kappa shape index (κ3) is 4.25. The van der Waals surface area contributed by atoms with Gasteiger partial charge in [0.25, 0.3) is 5.91 Å². The van der Waals surface area contributed by atoms with Crippen molar-refractivity contribution in [1.29, 1.82) is 0 Å². The summed E-state index contributed by atoms with van der Waals surface area (Å²) >= 11 is 0. The first-order valence-electron chi connectivity index (χ1n) is 8.47. The molecule has 1 aliphatic heterocycles. The minimum Gasteiger partial charge on any atom is -0.493 e. The zero-order chi connectivity index (χ0) is 19.4. The van der Waals surface area contributed by atoms with E-state index in [9.17, 15) is 9.59 Å². The standard InChI is InChI=1S/C20H21N3O4/c1-12-4-6-13(7-5-12)15-11-18(24)22-20(21-15)23-19(25)14-8-9-16(26-2)17(10-14)27-3/h4-10,15H,11H2,1-3H3,(H2,21,22,23,24,25)/t15-/m0/s1. The molecular formula is C20H21N3O4. The fourth-order valence-corrected chi connectivity index (χ4v) is 2.79. The molecule has 0 radical (unpaired) electrons. The van der Waals surface area contributed by atoms with Crippen LogP contribution in [0, 0.1) is 6.92 Å². The van der Waals surface area contributed by atoms with Crippen LogP contribution in [0.5, 0.6) is 11.5 Å². The van der Waals surface area contributed by atoms with E-state index < -0.39 is 5.91 Å². The Bertz CT molecular complexity index is 891. The van der Waals surface area contributed by atoms with Gasteiger partial charge < -0.3 is 9.47 Å². The second-order valence-corrected chi connectivity index (χ2v) is 6.18. The molecule has 0 aliphatic carbocycles. The molecule has 1 aliphatic rings. The molecule has 0 bridgehead atoms. The van der Waals surface area contributed by atoms with Crippen molar-refractivity contribution < 1.29 is 19.1 Å². The predicted molar refractivity (Wildman–Crippen MR) is 101 cm³/mol. The van der Waals surface area contributed by atoms with Gasteiger partial charge in [0.05, 0.1) is 26.7 Å². The van der Waals surface area contributed by atoms with Crippen LogP contribution in [0.1, 0.15) is 33.9 Å². The first-order valence-corrected chi connectivity index (χ1v) is 8.47. The van der Waals surface area contributed by atoms with Gasteiger partial charge in [0.2, 0.25) is 11.9 Å². The average Bonchev–Trinajstić information content (AvgIpc) is 2.67. The van der Waals surface area contributed by atoms with Gasteiger partial charge in [-0.2, -0.15) is 0 Å². The predicted octanol–water partition coefficient (Wildman–Crippen LogP) is 2.36. The highest BCUT2D eigenvalue weighted by molar-refractivity contribution is 6.10. The van der Waals surface area contributed by atoms with Gasteiger partial charge in [-0.1, -0.05) is 29.8 Å². The fraction of sp³-hybridized carbons (Fsp3) is 0.250. The van der Waals surface area contributed by atoms with Gasteiger partial charge in [-0.3, -0.25) is 20.2 Å². The average molecular weight is 367 g/mol. The number of nitrogens with one attached hydrogen (secondary N) is 2. The van der Waals surface area contributed by atoms with Crippen LogP contribution in [0.4, 0.5) is 0 Å². The number of ether oxygens (including phenoxy) is 2. The van der Waals surface area contributed by atoms with E-state index in [1.54, 1.807) is 18.2 Å².